The molecule has 1 aromatic carbocycles. The normalized spacial score (nSPS) is 21.3. The Bertz CT molecular complexity index is 386. The van der Waals surface area contributed by atoms with E-state index in [0.29, 0.717) is 11.7 Å². The van der Waals surface area contributed by atoms with Gasteiger partial charge in [0.15, 0.2) is 11.6 Å². The predicted octanol–water partition coefficient (Wildman–Crippen LogP) is 2.44. The number of nitrogens with one attached hydrogen (secondary N) is 1. The third kappa shape index (κ3) is 1.69. The molecule has 0 radical (unpaired) electrons. The SMILES string of the molecule is Fc1c(OC2CNC2)cccc1C1CCC1. The van der Waals surface area contributed by atoms with Crippen molar-refractivity contribution in [2.24, 2.45) is 0 Å². The van der Waals surface area contributed by atoms with Crippen molar-refractivity contribution in [1.82, 2.24) is 5.32 Å². The minimum absolute atomic E-state index is 0.140. The molecule has 1 heterocycles. The first-order chi connectivity index (χ1) is 7.84. The molecular formula is C13H16FNO. The summed E-state index contributed by atoms with van der Waals surface area (Å²) in [7, 11) is 0. The molecule has 1 saturated carbocycles. The fourth-order valence-corrected chi connectivity index (χ4v) is 2.18. The molecule has 2 fully saturated rings. The lowest BCUT2D eigenvalue weighted by Crippen LogP contribution is -2.50. The smallest absolute Gasteiger partial charge is 0.168 e. The van der Waals surface area contributed by atoms with Gasteiger partial charge in [0.2, 0.25) is 0 Å². The third-order valence-corrected chi connectivity index (χ3v) is 3.58. The van der Waals surface area contributed by atoms with Gasteiger partial charge in [0.1, 0.15) is 6.10 Å². The van der Waals surface area contributed by atoms with E-state index in [0.717, 1.165) is 31.5 Å². The Balaban J connectivity index is 1.80. The lowest BCUT2D eigenvalue weighted by molar-refractivity contribution is 0.135. The van der Waals surface area contributed by atoms with Crippen LogP contribution in [-0.4, -0.2) is 19.2 Å². The molecule has 0 spiro atoms. The van der Waals surface area contributed by atoms with E-state index in [-0.39, 0.29) is 11.9 Å². The maximum atomic E-state index is 14.1. The van der Waals surface area contributed by atoms with Gasteiger partial charge in [-0.25, -0.2) is 4.39 Å². The number of ether oxygens (including phenoxy) is 1. The van der Waals surface area contributed by atoms with Crippen molar-refractivity contribution < 1.29 is 9.13 Å². The molecule has 3 heteroatoms. The van der Waals surface area contributed by atoms with Gasteiger partial charge in [-0.2, -0.15) is 0 Å². The molecule has 1 N–H and O–H groups in total. The Kier molecular flexibility index (Phi) is 2.56. The summed E-state index contributed by atoms with van der Waals surface area (Å²) in [5.74, 6) is 0.707. The van der Waals surface area contributed by atoms with Crippen molar-refractivity contribution in [3.63, 3.8) is 0 Å². The van der Waals surface area contributed by atoms with Crippen molar-refractivity contribution in [3.05, 3.63) is 29.6 Å². The highest BCUT2D eigenvalue weighted by Crippen LogP contribution is 2.39. The topological polar surface area (TPSA) is 21.3 Å². The van der Waals surface area contributed by atoms with E-state index in [1.165, 1.54) is 6.42 Å². The molecule has 0 unspecified atom stereocenters. The van der Waals surface area contributed by atoms with Crippen LogP contribution in [0.15, 0.2) is 18.2 Å². The van der Waals surface area contributed by atoms with Crippen molar-refractivity contribution in [2.75, 3.05) is 13.1 Å². The highest BCUT2D eigenvalue weighted by Gasteiger charge is 2.26. The van der Waals surface area contributed by atoms with Gasteiger partial charge in [0, 0.05) is 13.1 Å². The molecule has 2 nitrogen and oxygen atoms in total. The van der Waals surface area contributed by atoms with Gasteiger partial charge in [0.25, 0.3) is 0 Å². The molecule has 2 aliphatic rings. The second-order valence-corrected chi connectivity index (χ2v) is 4.69. The molecule has 3 rings (SSSR count). The van der Waals surface area contributed by atoms with Crippen LogP contribution in [0.3, 0.4) is 0 Å². The molecule has 0 atom stereocenters. The van der Waals surface area contributed by atoms with E-state index in [2.05, 4.69) is 5.32 Å². The lowest BCUT2D eigenvalue weighted by Gasteiger charge is -2.30. The summed E-state index contributed by atoms with van der Waals surface area (Å²) < 4.78 is 19.7. The van der Waals surface area contributed by atoms with Crippen LogP contribution in [0.1, 0.15) is 30.7 Å². The van der Waals surface area contributed by atoms with Crippen LogP contribution >= 0.6 is 0 Å². The zero-order valence-corrected chi connectivity index (χ0v) is 9.21. The second-order valence-electron chi connectivity index (χ2n) is 4.69. The summed E-state index contributed by atoms with van der Waals surface area (Å²) in [6, 6.07) is 5.53. The van der Waals surface area contributed by atoms with Gasteiger partial charge in [0.05, 0.1) is 0 Å². The highest BCUT2D eigenvalue weighted by atomic mass is 19.1. The van der Waals surface area contributed by atoms with Gasteiger partial charge in [-0.05, 0) is 30.4 Å². The molecule has 0 bridgehead atoms. The molecule has 0 amide bonds. The summed E-state index contributed by atoms with van der Waals surface area (Å²) in [6.07, 6.45) is 3.60. The molecule has 16 heavy (non-hydrogen) atoms. The first-order valence-corrected chi connectivity index (χ1v) is 6.00. The molecule has 0 aromatic heterocycles. The molecule has 1 aliphatic carbocycles. The van der Waals surface area contributed by atoms with Crippen LogP contribution < -0.4 is 10.1 Å². The van der Waals surface area contributed by atoms with Gasteiger partial charge in [-0.15, -0.1) is 0 Å². The van der Waals surface area contributed by atoms with Crippen molar-refractivity contribution in [3.8, 4) is 5.75 Å². The Morgan fingerprint density at radius 2 is 2.06 bits per heavy atom. The van der Waals surface area contributed by atoms with E-state index in [1.807, 2.05) is 12.1 Å². The Hall–Kier alpha value is -1.09. The molecule has 86 valence electrons. The average molecular weight is 221 g/mol. The van der Waals surface area contributed by atoms with Crippen molar-refractivity contribution in [2.45, 2.75) is 31.3 Å². The number of halogens is 1. The summed E-state index contributed by atoms with van der Waals surface area (Å²) in [6.45, 7) is 1.65. The molecule has 1 aliphatic heterocycles. The summed E-state index contributed by atoms with van der Waals surface area (Å²) >= 11 is 0. The first-order valence-electron chi connectivity index (χ1n) is 6.00. The average Bonchev–Trinajstić information content (AvgIpc) is 2.14. The highest BCUT2D eigenvalue weighted by molar-refractivity contribution is 5.34. The predicted molar refractivity (Wildman–Crippen MR) is 60.3 cm³/mol. The van der Waals surface area contributed by atoms with E-state index in [9.17, 15) is 4.39 Å². The number of rotatable bonds is 3. The van der Waals surface area contributed by atoms with E-state index in [1.54, 1.807) is 6.07 Å². The van der Waals surface area contributed by atoms with Gasteiger partial charge >= 0.3 is 0 Å². The van der Waals surface area contributed by atoms with Crippen molar-refractivity contribution in [1.29, 1.82) is 0 Å². The summed E-state index contributed by atoms with van der Waals surface area (Å²) in [5.41, 5.74) is 0.844. The van der Waals surface area contributed by atoms with Crippen LogP contribution in [0, 0.1) is 5.82 Å². The summed E-state index contributed by atoms with van der Waals surface area (Å²) in [5, 5.41) is 3.11. The minimum Gasteiger partial charge on any atom is -0.485 e. The fraction of sp³-hybridized carbons (Fsp3) is 0.538. The maximum Gasteiger partial charge on any atom is 0.168 e. The van der Waals surface area contributed by atoms with Crippen LogP contribution in [0.4, 0.5) is 4.39 Å². The standard InChI is InChI=1S/C13H16FNO/c14-13-11(9-3-1-4-9)5-2-6-12(13)16-10-7-15-8-10/h2,5-6,9-10,15H,1,3-4,7-8H2. The van der Waals surface area contributed by atoms with E-state index < -0.39 is 0 Å². The van der Waals surface area contributed by atoms with Gasteiger partial charge in [-0.1, -0.05) is 18.6 Å². The Morgan fingerprint density at radius 3 is 2.62 bits per heavy atom. The van der Waals surface area contributed by atoms with Crippen molar-refractivity contribution >= 4 is 0 Å². The van der Waals surface area contributed by atoms with Gasteiger partial charge < -0.3 is 10.1 Å². The van der Waals surface area contributed by atoms with E-state index >= 15 is 0 Å². The number of hydrogen-bond acceptors (Lipinski definition) is 2. The van der Waals surface area contributed by atoms with Crippen LogP contribution in [0.2, 0.25) is 0 Å². The van der Waals surface area contributed by atoms with E-state index in [4.69, 9.17) is 4.74 Å². The second kappa shape index (κ2) is 4.06. The van der Waals surface area contributed by atoms with Gasteiger partial charge in [-0.3, -0.25) is 0 Å². The third-order valence-electron chi connectivity index (χ3n) is 3.58. The van der Waals surface area contributed by atoms with Crippen LogP contribution in [0.5, 0.6) is 5.75 Å². The molecule has 1 saturated heterocycles. The molecular weight excluding hydrogens is 205 g/mol. The first kappa shape index (κ1) is 10.1. The maximum absolute atomic E-state index is 14.1. The number of hydrogen-bond donors (Lipinski definition) is 1. The zero-order valence-electron chi connectivity index (χ0n) is 9.21. The fourth-order valence-electron chi connectivity index (χ4n) is 2.18. The van der Waals surface area contributed by atoms with Crippen LogP contribution in [0.25, 0.3) is 0 Å². The minimum atomic E-state index is -0.140. The molecule has 1 aromatic rings. The van der Waals surface area contributed by atoms with Crippen LogP contribution in [-0.2, 0) is 0 Å². The Labute approximate surface area is 94.8 Å². The summed E-state index contributed by atoms with van der Waals surface area (Å²) in [4.78, 5) is 0. The lowest BCUT2D eigenvalue weighted by atomic mass is 9.80. The zero-order chi connectivity index (χ0) is 11.0. The largest absolute Gasteiger partial charge is 0.485 e. The monoisotopic (exact) mass is 221 g/mol. The number of benzene rings is 1. The Morgan fingerprint density at radius 1 is 1.25 bits per heavy atom. The quantitative estimate of drug-likeness (QED) is 0.846.